The Morgan fingerprint density at radius 2 is 1.10 bits per heavy atom. The number of hydrogen-bond acceptors (Lipinski definition) is 2. The molecule has 2 aliphatic rings. The molecule has 1 aliphatic carbocycles. The lowest BCUT2D eigenvalue weighted by Crippen LogP contribution is -2.25. The maximum atomic E-state index is 5.10. The summed E-state index contributed by atoms with van der Waals surface area (Å²) in [7, 11) is 0. The molecule has 3 nitrogen and oxygen atoms in total. The van der Waals surface area contributed by atoms with Crippen molar-refractivity contribution in [2.75, 3.05) is 4.90 Å². The van der Waals surface area contributed by atoms with Crippen molar-refractivity contribution >= 4 is 33.2 Å². The molecular weight excluding hydrogens is 595 g/mol. The molecule has 232 valence electrons. The summed E-state index contributed by atoms with van der Waals surface area (Å²) in [6.07, 6.45) is 6.48. The van der Waals surface area contributed by atoms with Crippen LogP contribution in [0.25, 0.3) is 72.1 Å². The van der Waals surface area contributed by atoms with Crippen LogP contribution in [0.5, 0.6) is 0 Å². The number of allylic oxidation sites excluding steroid dienone is 1. The smallest absolute Gasteiger partial charge is 0.0786 e. The number of para-hydroxylation sites is 3. The molecule has 0 radical (unpaired) electrons. The molecule has 0 fully saturated rings. The van der Waals surface area contributed by atoms with Crippen LogP contribution in [0.3, 0.4) is 0 Å². The number of aromatic nitrogens is 2. The van der Waals surface area contributed by atoms with Crippen molar-refractivity contribution in [3.63, 3.8) is 0 Å². The van der Waals surface area contributed by atoms with Crippen LogP contribution in [-0.2, 0) is 5.41 Å². The van der Waals surface area contributed by atoms with Gasteiger partial charge in [0.2, 0.25) is 0 Å². The van der Waals surface area contributed by atoms with Crippen LogP contribution in [0.15, 0.2) is 164 Å². The summed E-state index contributed by atoms with van der Waals surface area (Å²) in [6.45, 7) is 4.61. The molecule has 0 amide bonds. The Morgan fingerprint density at radius 1 is 0.490 bits per heavy atom. The molecule has 2 aromatic heterocycles. The monoisotopic (exact) mass is 627 g/mol. The summed E-state index contributed by atoms with van der Waals surface area (Å²) in [5.74, 6) is 0. The second-order valence-electron chi connectivity index (χ2n) is 13.7. The highest BCUT2D eigenvalue weighted by Gasteiger charge is 2.32. The zero-order valence-corrected chi connectivity index (χ0v) is 27.4. The highest BCUT2D eigenvalue weighted by Crippen LogP contribution is 2.52. The summed E-state index contributed by atoms with van der Waals surface area (Å²) in [6, 6.07) is 53.1. The van der Waals surface area contributed by atoms with Crippen LogP contribution in [0, 0.1) is 0 Å². The number of rotatable bonds is 2. The highest BCUT2D eigenvalue weighted by molar-refractivity contribution is 6.10. The molecule has 6 aromatic carbocycles. The van der Waals surface area contributed by atoms with Gasteiger partial charge in [-0.3, -0.25) is 4.98 Å². The summed E-state index contributed by atoms with van der Waals surface area (Å²) in [5, 5.41) is 2.53. The van der Waals surface area contributed by atoms with Crippen molar-refractivity contribution in [2.24, 2.45) is 0 Å². The van der Waals surface area contributed by atoms with Gasteiger partial charge >= 0.3 is 0 Å². The van der Waals surface area contributed by atoms with Gasteiger partial charge in [-0.25, -0.2) is 0 Å². The minimum atomic E-state index is -0.159. The van der Waals surface area contributed by atoms with E-state index >= 15 is 0 Å². The lowest BCUT2D eigenvalue weighted by atomic mass is 9.76. The standard InChI is InChI=1S/C46H33N3/c1-46(2)24-26-48(30-13-4-3-5-14-30)44-29-39-34-23-22-31(49-42-20-10-8-17-35(42)36-18-9-11-21-43(36)49)27-38(34)33-16-7-6-15-32(33)37-19-12-25-47-45(37)40(39)28-41(44)46/h3-29H,1-2H3. The van der Waals surface area contributed by atoms with Gasteiger partial charge in [-0.1, -0.05) is 111 Å². The lowest BCUT2D eigenvalue weighted by Gasteiger charge is -2.36. The van der Waals surface area contributed by atoms with Crippen molar-refractivity contribution in [1.29, 1.82) is 0 Å². The minimum Gasteiger partial charge on any atom is -0.317 e. The van der Waals surface area contributed by atoms with Crippen molar-refractivity contribution in [1.82, 2.24) is 9.55 Å². The van der Waals surface area contributed by atoms with Gasteiger partial charge in [0.15, 0.2) is 0 Å². The van der Waals surface area contributed by atoms with Crippen LogP contribution in [0.4, 0.5) is 11.4 Å². The topological polar surface area (TPSA) is 21.1 Å². The summed E-state index contributed by atoms with van der Waals surface area (Å²) < 4.78 is 2.42. The first-order valence-corrected chi connectivity index (χ1v) is 17.0. The number of nitrogens with zero attached hydrogens (tertiary/aromatic N) is 3. The average molecular weight is 628 g/mol. The Balaban J connectivity index is 1.31. The largest absolute Gasteiger partial charge is 0.317 e. The van der Waals surface area contributed by atoms with Crippen molar-refractivity contribution in [3.8, 4) is 50.3 Å². The van der Waals surface area contributed by atoms with Gasteiger partial charge < -0.3 is 9.47 Å². The third-order valence-electron chi connectivity index (χ3n) is 10.5. The second kappa shape index (κ2) is 10.4. The molecule has 0 N–H and O–H groups in total. The van der Waals surface area contributed by atoms with Gasteiger partial charge in [-0.15, -0.1) is 0 Å². The number of anilines is 2. The first-order chi connectivity index (χ1) is 24.1. The summed E-state index contributed by atoms with van der Waals surface area (Å²) in [5.41, 5.74) is 16.3. The van der Waals surface area contributed by atoms with E-state index in [1.807, 2.05) is 6.20 Å². The molecule has 0 atom stereocenters. The van der Waals surface area contributed by atoms with Crippen LogP contribution in [0.1, 0.15) is 19.4 Å². The second-order valence-corrected chi connectivity index (χ2v) is 13.7. The van der Waals surface area contributed by atoms with Gasteiger partial charge in [0.05, 0.1) is 22.4 Å². The Morgan fingerprint density at radius 3 is 1.86 bits per heavy atom. The molecule has 0 saturated carbocycles. The fourth-order valence-electron chi connectivity index (χ4n) is 8.09. The summed E-state index contributed by atoms with van der Waals surface area (Å²) >= 11 is 0. The van der Waals surface area contributed by atoms with E-state index in [1.165, 1.54) is 60.9 Å². The molecule has 8 aromatic rings. The van der Waals surface area contributed by atoms with Gasteiger partial charge in [0.25, 0.3) is 0 Å². The van der Waals surface area contributed by atoms with E-state index in [0.717, 1.165) is 28.2 Å². The fraction of sp³-hybridized carbons (Fsp3) is 0.0652. The van der Waals surface area contributed by atoms with Crippen LogP contribution >= 0.6 is 0 Å². The molecular formula is C46H33N3. The molecule has 0 spiro atoms. The lowest BCUT2D eigenvalue weighted by molar-refractivity contribution is 0.659. The normalized spacial score (nSPS) is 14.0. The van der Waals surface area contributed by atoms with Crippen LogP contribution in [-0.4, -0.2) is 9.55 Å². The van der Waals surface area contributed by atoms with Gasteiger partial charge in [-0.2, -0.15) is 0 Å². The molecule has 0 unspecified atom stereocenters. The van der Waals surface area contributed by atoms with E-state index in [-0.39, 0.29) is 5.41 Å². The Bertz CT molecular complexity index is 2590. The number of benzene rings is 6. The van der Waals surface area contributed by atoms with Crippen molar-refractivity contribution < 1.29 is 0 Å². The first kappa shape index (κ1) is 27.9. The SMILES string of the molecule is CC1(C)C=CN(c2ccccc2)c2cc3c(cc21)-c1ncccc1-c1ccccc1-c1cc(-n2c4ccccc4c4ccccc42)ccc1-3. The van der Waals surface area contributed by atoms with Crippen LogP contribution < -0.4 is 4.90 Å². The molecule has 3 heteroatoms. The molecule has 0 saturated heterocycles. The fourth-order valence-corrected chi connectivity index (χ4v) is 8.09. The molecule has 10 rings (SSSR count). The quantitative estimate of drug-likeness (QED) is 0.190. The minimum absolute atomic E-state index is 0.159. The maximum absolute atomic E-state index is 5.10. The van der Waals surface area contributed by atoms with E-state index < -0.39 is 0 Å². The zero-order chi connectivity index (χ0) is 32.7. The van der Waals surface area contributed by atoms with E-state index in [2.05, 4.69) is 181 Å². The number of fused-ring (bicyclic) bond motifs is 12. The van der Waals surface area contributed by atoms with E-state index in [0.29, 0.717) is 0 Å². The Labute approximate surface area is 286 Å². The van der Waals surface area contributed by atoms with Crippen molar-refractivity contribution in [2.45, 2.75) is 19.3 Å². The molecule has 3 heterocycles. The van der Waals surface area contributed by atoms with Crippen LogP contribution in [0.2, 0.25) is 0 Å². The highest BCUT2D eigenvalue weighted by atomic mass is 15.1. The zero-order valence-electron chi connectivity index (χ0n) is 27.4. The average Bonchev–Trinajstić information content (AvgIpc) is 3.48. The Hall–Kier alpha value is -6.19. The van der Waals surface area contributed by atoms with E-state index in [9.17, 15) is 0 Å². The Kier molecular flexibility index (Phi) is 5.92. The first-order valence-electron chi connectivity index (χ1n) is 17.0. The maximum Gasteiger partial charge on any atom is 0.0786 e. The molecule has 49 heavy (non-hydrogen) atoms. The predicted octanol–water partition coefficient (Wildman–Crippen LogP) is 12.1. The van der Waals surface area contributed by atoms with E-state index in [1.54, 1.807) is 0 Å². The van der Waals surface area contributed by atoms with Gasteiger partial charge in [0, 0.05) is 51.1 Å². The predicted molar refractivity (Wildman–Crippen MR) is 205 cm³/mol. The van der Waals surface area contributed by atoms with Crippen molar-refractivity contribution in [3.05, 3.63) is 170 Å². The molecule has 1 aliphatic heterocycles. The van der Waals surface area contributed by atoms with E-state index in [4.69, 9.17) is 4.98 Å². The number of hydrogen-bond donors (Lipinski definition) is 0. The third kappa shape index (κ3) is 4.12. The van der Waals surface area contributed by atoms with Gasteiger partial charge in [-0.05, 0) is 88.0 Å². The molecule has 0 bridgehead atoms. The third-order valence-corrected chi connectivity index (χ3v) is 10.5. The van der Waals surface area contributed by atoms with Gasteiger partial charge in [0.1, 0.15) is 0 Å². The number of pyridine rings is 1. The summed E-state index contributed by atoms with van der Waals surface area (Å²) in [4.78, 5) is 7.43.